The van der Waals surface area contributed by atoms with Crippen molar-refractivity contribution in [3.05, 3.63) is 83.9 Å². The van der Waals surface area contributed by atoms with Crippen LogP contribution in [-0.2, 0) is 4.79 Å². The number of hydrogen-bond donors (Lipinski definition) is 3. The van der Waals surface area contributed by atoms with Gasteiger partial charge in [-0.1, -0.05) is 36.0 Å². The van der Waals surface area contributed by atoms with E-state index in [2.05, 4.69) is 15.8 Å². The second kappa shape index (κ2) is 11.6. The zero-order valence-electron chi connectivity index (χ0n) is 17.1. The lowest BCUT2D eigenvalue weighted by atomic mass is 10.2. The maximum atomic E-state index is 12.5. The summed E-state index contributed by atoms with van der Waals surface area (Å²) in [5, 5.41) is 16.1. The molecule has 0 fully saturated rings. The van der Waals surface area contributed by atoms with E-state index in [-0.39, 0.29) is 23.7 Å². The number of phenolic OH excluding ortho intramolecular Hbond substituents is 1. The Hall–Kier alpha value is -3.92. The molecule has 3 aromatic rings. The molecular formula is C23H19F2N3O4S. The Balaban J connectivity index is 1.56. The molecule has 0 saturated heterocycles. The number of rotatable bonds is 9. The molecule has 2 amide bonds. The fourth-order valence-corrected chi connectivity index (χ4v) is 3.16. The highest BCUT2D eigenvalue weighted by Gasteiger charge is 2.13. The number of halogens is 2. The maximum Gasteiger partial charge on any atom is 0.288 e. The standard InChI is InChI=1S/C23H19F2N3O4S/c24-23(25)33-17-11-9-16(10-12-17)27-21(30)14-32-20-8-4-2-6-18(20)22(31)28-26-13-15-5-1-3-7-19(15)29/h1-13,23,29H,14H2,(H,27,30)(H,28,31)/b26-13+. The van der Waals surface area contributed by atoms with Crippen LogP contribution in [-0.4, -0.2) is 35.5 Å². The number of carbonyl (C=O) groups is 2. The molecule has 3 rings (SSSR count). The number of ether oxygens (including phenoxy) is 1. The van der Waals surface area contributed by atoms with Gasteiger partial charge >= 0.3 is 0 Å². The van der Waals surface area contributed by atoms with Crippen LogP contribution in [0.3, 0.4) is 0 Å². The second-order valence-electron chi connectivity index (χ2n) is 6.49. The summed E-state index contributed by atoms with van der Waals surface area (Å²) < 4.78 is 30.2. The molecule has 0 aliphatic heterocycles. The largest absolute Gasteiger partial charge is 0.507 e. The second-order valence-corrected chi connectivity index (χ2v) is 7.56. The highest BCUT2D eigenvalue weighted by molar-refractivity contribution is 7.99. The van der Waals surface area contributed by atoms with Crippen molar-refractivity contribution in [1.82, 2.24) is 5.43 Å². The van der Waals surface area contributed by atoms with Gasteiger partial charge in [-0.2, -0.15) is 13.9 Å². The number of nitrogens with one attached hydrogen (secondary N) is 2. The fraction of sp³-hybridized carbons (Fsp3) is 0.0870. The molecule has 3 N–H and O–H groups in total. The summed E-state index contributed by atoms with van der Waals surface area (Å²) in [5.41, 5.74) is 3.36. The van der Waals surface area contributed by atoms with Crippen molar-refractivity contribution in [3.63, 3.8) is 0 Å². The lowest BCUT2D eigenvalue weighted by Gasteiger charge is -2.11. The van der Waals surface area contributed by atoms with Gasteiger partial charge in [-0.15, -0.1) is 0 Å². The van der Waals surface area contributed by atoms with Crippen molar-refractivity contribution in [3.8, 4) is 11.5 Å². The molecule has 7 nitrogen and oxygen atoms in total. The highest BCUT2D eigenvalue weighted by Crippen LogP contribution is 2.26. The molecule has 3 aromatic carbocycles. The summed E-state index contributed by atoms with van der Waals surface area (Å²) in [5.74, 6) is -3.38. The zero-order chi connectivity index (χ0) is 23.6. The normalized spacial score (nSPS) is 10.9. The molecule has 0 aliphatic rings. The van der Waals surface area contributed by atoms with Crippen molar-refractivity contribution in [2.75, 3.05) is 11.9 Å². The number of hydrazone groups is 1. The number of nitrogens with zero attached hydrogens (tertiary/aromatic N) is 1. The molecule has 10 heteroatoms. The molecule has 0 bridgehead atoms. The molecule has 170 valence electrons. The quantitative estimate of drug-likeness (QED) is 0.243. The molecule has 0 aliphatic carbocycles. The third kappa shape index (κ3) is 7.32. The summed E-state index contributed by atoms with van der Waals surface area (Å²) in [6.07, 6.45) is 1.30. The first-order chi connectivity index (χ1) is 15.9. The SMILES string of the molecule is O=C(COc1ccccc1C(=O)N/N=C/c1ccccc1O)Nc1ccc(SC(F)F)cc1. The number of hydrogen-bond acceptors (Lipinski definition) is 6. The number of aromatic hydroxyl groups is 1. The van der Waals surface area contributed by atoms with Crippen LogP contribution in [0.25, 0.3) is 0 Å². The predicted molar refractivity (Wildman–Crippen MR) is 122 cm³/mol. The predicted octanol–water partition coefficient (Wildman–Crippen LogP) is 4.49. The van der Waals surface area contributed by atoms with Crippen molar-refractivity contribution < 1.29 is 28.2 Å². The van der Waals surface area contributed by atoms with E-state index in [0.717, 1.165) is 0 Å². The minimum atomic E-state index is -2.52. The third-order valence-corrected chi connectivity index (χ3v) is 4.88. The number of anilines is 1. The third-order valence-electron chi connectivity index (χ3n) is 4.16. The fourth-order valence-electron chi connectivity index (χ4n) is 2.66. The number of benzene rings is 3. The average Bonchev–Trinajstić information content (AvgIpc) is 2.80. The van der Waals surface area contributed by atoms with E-state index in [4.69, 9.17) is 4.74 Å². The number of para-hydroxylation sites is 2. The molecule has 0 atom stereocenters. The number of amides is 2. The molecule has 0 unspecified atom stereocenters. The van der Waals surface area contributed by atoms with Gasteiger partial charge in [-0.3, -0.25) is 9.59 Å². The van der Waals surface area contributed by atoms with Gasteiger partial charge in [0.05, 0.1) is 11.8 Å². The average molecular weight is 471 g/mol. The number of alkyl halides is 2. The minimum absolute atomic E-state index is 0.0210. The van der Waals surface area contributed by atoms with Crippen molar-refractivity contribution in [2.24, 2.45) is 5.10 Å². The lowest BCUT2D eigenvalue weighted by Crippen LogP contribution is -2.22. The summed E-state index contributed by atoms with van der Waals surface area (Å²) in [6.45, 7) is -0.376. The summed E-state index contributed by atoms with van der Waals surface area (Å²) in [7, 11) is 0. The first kappa shape index (κ1) is 23.7. The van der Waals surface area contributed by atoms with Crippen LogP contribution in [0.2, 0.25) is 0 Å². The van der Waals surface area contributed by atoms with Gasteiger partial charge in [0.15, 0.2) is 6.61 Å². The van der Waals surface area contributed by atoms with E-state index in [1.165, 1.54) is 48.7 Å². The van der Waals surface area contributed by atoms with Crippen LogP contribution in [0, 0.1) is 0 Å². The smallest absolute Gasteiger partial charge is 0.288 e. The summed E-state index contributed by atoms with van der Waals surface area (Å²) in [6, 6.07) is 18.8. The van der Waals surface area contributed by atoms with Crippen molar-refractivity contribution in [1.29, 1.82) is 0 Å². The van der Waals surface area contributed by atoms with Crippen LogP contribution in [0.4, 0.5) is 14.5 Å². The van der Waals surface area contributed by atoms with E-state index in [0.29, 0.717) is 27.9 Å². The van der Waals surface area contributed by atoms with Gasteiger partial charge in [-0.25, -0.2) is 5.43 Å². The zero-order valence-corrected chi connectivity index (χ0v) is 17.9. The van der Waals surface area contributed by atoms with Gasteiger partial charge in [0, 0.05) is 16.1 Å². The molecule has 0 spiro atoms. The Labute approximate surface area is 192 Å². The Kier molecular flexibility index (Phi) is 8.36. The van der Waals surface area contributed by atoms with Gasteiger partial charge in [-0.05, 0) is 48.5 Å². The number of thioether (sulfide) groups is 1. The maximum absolute atomic E-state index is 12.5. The van der Waals surface area contributed by atoms with Crippen LogP contribution < -0.4 is 15.5 Å². The van der Waals surface area contributed by atoms with Crippen molar-refractivity contribution >= 4 is 35.5 Å². The Morgan fingerprint density at radius 2 is 1.73 bits per heavy atom. The van der Waals surface area contributed by atoms with Gasteiger partial charge < -0.3 is 15.2 Å². The van der Waals surface area contributed by atoms with Crippen LogP contribution >= 0.6 is 11.8 Å². The first-order valence-electron chi connectivity index (χ1n) is 9.60. The molecule has 0 aromatic heterocycles. The van der Waals surface area contributed by atoms with Gasteiger partial charge in [0.1, 0.15) is 11.5 Å². The highest BCUT2D eigenvalue weighted by atomic mass is 32.2. The molecule has 0 heterocycles. The van der Waals surface area contributed by atoms with E-state index < -0.39 is 17.6 Å². The minimum Gasteiger partial charge on any atom is -0.507 e. The number of phenols is 1. The number of carbonyl (C=O) groups excluding carboxylic acids is 2. The first-order valence-corrected chi connectivity index (χ1v) is 10.5. The van der Waals surface area contributed by atoms with E-state index in [1.54, 1.807) is 30.3 Å². The molecule has 0 radical (unpaired) electrons. The summed E-state index contributed by atoms with van der Waals surface area (Å²) in [4.78, 5) is 25.0. The molecular weight excluding hydrogens is 452 g/mol. The Morgan fingerprint density at radius 1 is 1.03 bits per heavy atom. The van der Waals surface area contributed by atoms with Gasteiger partial charge in [0.25, 0.3) is 17.6 Å². The van der Waals surface area contributed by atoms with Crippen molar-refractivity contribution in [2.45, 2.75) is 10.7 Å². The van der Waals surface area contributed by atoms with Crippen LogP contribution in [0.15, 0.2) is 82.8 Å². The lowest BCUT2D eigenvalue weighted by molar-refractivity contribution is -0.118. The Morgan fingerprint density at radius 3 is 2.45 bits per heavy atom. The van der Waals surface area contributed by atoms with E-state index in [1.807, 2.05) is 0 Å². The van der Waals surface area contributed by atoms with E-state index in [9.17, 15) is 23.5 Å². The Bertz CT molecular complexity index is 1140. The van der Waals surface area contributed by atoms with Crippen LogP contribution in [0.5, 0.6) is 11.5 Å². The van der Waals surface area contributed by atoms with Gasteiger partial charge in [0.2, 0.25) is 0 Å². The van der Waals surface area contributed by atoms with Crippen LogP contribution in [0.1, 0.15) is 15.9 Å². The van der Waals surface area contributed by atoms with E-state index >= 15 is 0 Å². The monoisotopic (exact) mass is 471 g/mol. The molecule has 33 heavy (non-hydrogen) atoms. The summed E-state index contributed by atoms with van der Waals surface area (Å²) >= 11 is 0.412. The molecule has 0 saturated carbocycles. The topological polar surface area (TPSA) is 100 Å².